The number of ketones is 4. The number of rotatable bonds is 2. The summed E-state index contributed by atoms with van der Waals surface area (Å²) >= 11 is 0. The van der Waals surface area contributed by atoms with Crippen molar-refractivity contribution in [2.75, 3.05) is 5.73 Å². The van der Waals surface area contributed by atoms with Gasteiger partial charge in [0.25, 0.3) is 0 Å². The number of hydrogen-bond donors (Lipinski definition) is 5. The largest absolute Gasteiger partial charge is 0.502 e. The van der Waals surface area contributed by atoms with Crippen LogP contribution in [0.1, 0.15) is 35.2 Å². The summed E-state index contributed by atoms with van der Waals surface area (Å²) in [6.07, 6.45) is -2.44. The third-order valence-corrected chi connectivity index (χ3v) is 7.20. The van der Waals surface area contributed by atoms with Crippen molar-refractivity contribution < 1.29 is 44.2 Å². The summed E-state index contributed by atoms with van der Waals surface area (Å²) in [5.41, 5.74) is 6.35. The highest BCUT2D eigenvalue weighted by molar-refractivity contribution is 6.32. The van der Waals surface area contributed by atoms with Gasteiger partial charge in [-0.2, -0.15) is 0 Å². The van der Waals surface area contributed by atoms with E-state index >= 15 is 0 Å². The highest BCUT2D eigenvalue weighted by Crippen LogP contribution is 2.55. The predicted molar refractivity (Wildman–Crippen MR) is 106 cm³/mol. The molecule has 0 aromatic heterocycles. The number of nitrogen functional groups attached to an aromatic ring is 1. The van der Waals surface area contributed by atoms with E-state index in [1.807, 2.05) is 0 Å². The molecule has 2 saturated carbocycles. The van der Waals surface area contributed by atoms with E-state index in [0.29, 0.717) is 0 Å². The second-order valence-electron chi connectivity index (χ2n) is 8.69. The molecular weight excluding hydrogens is 442 g/mol. The molecule has 4 rings (SSSR count). The van der Waals surface area contributed by atoms with Crippen LogP contribution in [-0.2, 0) is 19.2 Å². The fraction of sp³-hybridized carbons (Fsp3) is 0.450. The summed E-state index contributed by atoms with van der Waals surface area (Å²) in [4.78, 5) is 74.0. The summed E-state index contributed by atoms with van der Waals surface area (Å²) in [5, 5.41) is 43.3. The lowest BCUT2D eigenvalue weighted by Crippen LogP contribution is -2.72. The molecule has 0 radical (unpaired) electrons. The van der Waals surface area contributed by atoms with Crippen molar-refractivity contribution in [2.45, 2.75) is 31.0 Å². The number of carbonyl (C=O) groups excluding carboxylic acids is 5. The minimum Gasteiger partial charge on any atom is -0.502 e. The molecule has 174 valence electrons. The summed E-state index contributed by atoms with van der Waals surface area (Å²) in [7, 11) is 0. The molecule has 1 aromatic rings. The molecule has 2 unspecified atom stereocenters. The van der Waals surface area contributed by atoms with Crippen molar-refractivity contribution in [1.29, 1.82) is 0 Å². The zero-order valence-corrected chi connectivity index (χ0v) is 17.0. The molecule has 3 aliphatic rings. The second-order valence-corrected chi connectivity index (χ2v) is 8.69. The Morgan fingerprint density at radius 1 is 1.24 bits per heavy atom. The number of phenolic OH excluding ortho intramolecular Hbond substituents is 1. The highest BCUT2D eigenvalue weighted by Gasteiger charge is 2.69. The van der Waals surface area contributed by atoms with E-state index < -0.39 is 92.3 Å². The van der Waals surface area contributed by atoms with Crippen molar-refractivity contribution >= 4 is 40.4 Å². The monoisotopic (exact) mass is 461 g/mol. The van der Waals surface area contributed by atoms with Crippen LogP contribution in [0.15, 0.2) is 6.07 Å². The van der Waals surface area contributed by atoms with Gasteiger partial charge in [-0.1, -0.05) is 6.92 Å². The van der Waals surface area contributed by atoms with Gasteiger partial charge in [0.15, 0.2) is 34.7 Å². The number of hydrogen-bond acceptors (Lipinski definition) is 11. The van der Waals surface area contributed by atoms with E-state index in [2.05, 4.69) is 0 Å². The molecule has 1 aromatic carbocycles. The van der Waals surface area contributed by atoms with Crippen molar-refractivity contribution in [1.82, 2.24) is 0 Å². The maximum Gasteiger partial charge on any atom is 0.313 e. The van der Waals surface area contributed by atoms with Crippen LogP contribution >= 0.6 is 0 Å². The van der Waals surface area contributed by atoms with Crippen LogP contribution in [0.4, 0.5) is 11.4 Å². The Balaban J connectivity index is 1.92. The van der Waals surface area contributed by atoms with Gasteiger partial charge in [-0.15, -0.1) is 0 Å². The highest BCUT2D eigenvalue weighted by atomic mass is 16.6. The minimum atomic E-state index is -3.07. The van der Waals surface area contributed by atoms with Crippen LogP contribution in [0.25, 0.3) is 0 Å². The van der Waals surface area contributed by atoms with Gasteiger partial charge in [0, 0.05) is 17.7 Å². The number of primary amides is 1. The van der Waals surface area contributed by atoms with Crippen molar-refractivity contribution in [3.8, 4) is 5.75 Å². The van der Waals surface area contributed by atoms with Gasteiger partial charge in [0.2, 0.25) is 11.7 Å². The Hall–Kier alpha value is -3.71. The number of aromatic hydroxyl groups is 1. The first-order valence-corrected chi connectivity index (χ1v) is 9.92. The number of aliphatic hydroxyl groups is 2. The fourth-order valence-electron chi connectivity index (χ4n) is 5.61. The van der Waals surface area contributed by atoms with E-state index in [-0.39, 0.29) is 17.7 Å². The molecule has 2 fully saturated rings. The number of nitrogens with two attached hydrogens (primary N) is 2. The number of carbonyl (C=O) groups is 5. The maximum atomic E-state index is 13.4. The number of Topliss-reactive ketones (excluding diaryl/α,β-unsaturated/α-hetero) is 4. The van der Waals surface area contributed by atoms with Crippen LogP contribution in [-0.4, -0.2) is 61.0 Å². The van der Waals surface area contributed by atoms with Crippen molar-refractivity contribution in [2.24, 2.45) is 29.4 Å². The van der Waals surface area contributed by atoms with Crippen LogP contribution in [0, 0.1) is 33.8 Å². The average molecular weight is 461 g/mol. The first-order valence-electron chi connectivity index (χ1n) is 9.92. The summed E-state index contributed by atoms with van der Waals surface area (Å²) in [5.74, 6) is -15.2. The van der Waals surface area contributed by atoms with Gasteiger partial charge >= 0.3 is 5.69 Å². The summed E-state index contributed by atoms with van der Waals surface area (Å²) in [6, 6.07) is 0.874. The first-order chi connectivity index (χ1) is 15.3. The normalized spacial score (nSPS) is 35.5. The third-order valence-electron chi connectivity index (χ3n) is 7.20. The average Bonchev–Trinajstić information content (AvgIpc) is 2.73. The number of phenols is 1. The molecule has 3 aliphatic carbocycles. The number of nitro groups is 1. The lowest BCUT2D eigenvalue weighted by molar-refractivity contribution is -0.385. The van der Waals surface area contributed by atoms with Crippen molar-refractivity contribution in [3.05, 3.63) is 27.3 Å². The number of anilines is 1. The number of amides is 1. The molecule has 0 saturated heterocycles. The Labute approximate surface area is 184 Å². The topological polar surface area (TPSA) is 241 Å². The number of nitrogens with zero attached hydrogens (tertiary/aromatic N) is 1. The van der Waals surface area contributed by atoms with Gasteiger partial charge in [0.05, 0.1) is 16.4 Å². The number of benzene rings is 1. The molecule has 0 heterocycles. The molecule has 7 N–H and O–H groups in total. The molecule has 0 spiro atoms. The summed E-state index contributed by atoms with van der Waals surface area (Å²) in [6.45, 7) is 1.52. The zero-order valence-electron chi connectivity index (χ0n) is 17.0. The number of nitro benzene ring substituents is 1. The minimum absolute atomic E-state index is 0.0422. The number of fused-ring (bicyclic) bond motifs is 3. The van der Waals surface area contributed by atoms with Gasteiger partial charge in [-0.25, -0.2) is 0 Å². The molecule has 0 aliphatic heterocycles. The van der Waals surface area contributed by atoms with E-state index in [4.69, 9.17) is 11.5 Å². The van der Waals surface area contributed by atoms with E-state index in [1.54, 1.807) is 0 Å². The van der Waals surface area contributed by atoms with E-state index in [9.17, 15) is 49.4 Å². The van der Waals surface area contributed by atoms with Gasteiger partial charge in [-0.3, -0.25) is 34.1 Å². The standard InChI is InChI=1S/C20H19N3O10/c1-4-5-2-6-13(24)16(27)12(19(22)30)18(29)20(6,31)17(28)10(5)15(26)11-9(4)7(21)3-8(14(11)25)23(32)33/h3-6,10,12-13,24-25,31H,2,21H2,1H3,(H2,22,30)/t4-,5+,6-,10?,12?,13+,20-/m0/s1. The molecule has 7 atom stereocenters. The quantitative estimate of drug-likeness (QED) is 0.110. The Kier molecular flexibility index (Phi) is 4.70. The fourth-order valence-corrected chi connectivity index (χ4v) is 5.61. The van der Waals surface area contributed by atoms with Crippen molar-refractivity contribution in [3.63, 3.8) is 0 Å². The predicted octanol–water partition coefficient (Wildman–Crippen LogP) is -1.65. The van der Waals surface area contributed by atoms with Crippen LogP contribution in [0.2, 0.25) is 0 Å². The Morgan fingerprint density at radius 2 is 1.85 bits per heavy atom. The SMILES string of the molecule is C[C@@H]1c2c(N)cc([N+](=O)[O-])c(O)c2C(=O)C2C(=O)[C@]3(O)C(=O)C(C(N)=O)C(=O)[C@H](O)[C@@H]3C[C@@H]21. The first kappa shape index (κ1) is 22.5. The van der Waals surface area contributed by atoms with E-state index in [0.717, 1.165) is 6.07 Å². The van der Waals surface area contributed by atoms with Gasteiger partial charge in [0.1, 0.15) is 6.10 Å². The van der Waals surface area contributed by atoms with Crippen LogP contribution in [0.5, 0.6) is 5.75 Å². The van der Waals surface area contributed by atoms with E-state index in [1.165, 1.54) is 6.92 Å². The third kappa shape index (κ3) is 2.63. The maximum absolute atomic E-state index is 13.4. The molecule has 13 nitrogen and oxygen atoms in total. The number of aliphatic hydroxyl groups excluding tert-OH is 1. The Bertz CT molecular complexity index is 1190. The molecular formula is C20H19N3O10. The lowest BCUT2D eigenvalue weighted by Gasteiger charge is -2.51. The zero-order chi connectivity index (χ0) is 24.7. The van der Waals surface area contributed by atoms with Gasteiger partial charge in [-0.05, 0) is 23.8 Å². The second kappa shape index (κ2) is 6.89. The summed E-state index contributed by atoms with van der Waals surface area (Å²) < 4.78 is 0. The molecule has 1 amide bonds. The molecule has 0 bridgehead atoms. The Morgan fingerprint density at radius 3 is 2.39 bits per heavy atom. The smallest absolute Gasteiger partial charge is 0.313 e. The van der Waals surface area contributed by atoms with Gasteiger partial charge < -0.3 is 26.8 Å². The van der Waals surface area contributed by atoms with Crippen LogP contribution < -0.4 is 11.5 Å². The lowest BCUT2D eigenvalue weighted by atomic mass is 9.51. The molecule has 33 heavy (non-hydrogen) atoms. The molecule has 13 heteroatoms. The van der Waals surface area contributed by atoms with Crippen LogP contribution in [0.3, 0.4) is 0 Å².